The number of aryl methyl sites for hydroxylation is 3. The van der Waals surface area contributed by atoms with Gasteiger partial charge >= 0.3 is 0 Å². The van der Waals surface area contributed by atoms with Crippen LogP contribution in [0, 0.1) is 20.8 Å². The molecule has 0 aliphatic carbocycles. The van der Waals surface area contributed by atoms with Crippen LogP contribution in [0.3, 0.4) is 0 Å². The Bertz CT molecular complexity index is 774. The van der Waals surface area contributed by atoms with E-state index >= 15 is 0 Å². The summed E-state index contributed by atoms with van der Waals surface area (Å²) in [6.45, 7) is 5.99. The molecule has 0 fully saturated rings. The summed E-state index contributed by atoms with van der Waals surface area (Å²) in [7, 11) is 0. The third kappa shape index (κ3) is 1.76. The van der Waals surface area contributed by atoms with E-state index in [-0.39, 0.29) is 0 Å². The number of aromatic nitrogens is 3. The van der Waals surface area contributed by atoms with E-state index in [1.165, 1.54) is 0 Å². The van der Waals surface area contributed by atoms with E-state index in [0.29, 0.717) is 5.75 Å². The summed E-state index contributed by atoms with van der Waals surface area (Å²) in [6, 6.07) is 3.96. The largest absolute Gasteiger partial charge is 0.593 e. The molecule has 4 nitrogen and oxygen atoms in total. The van der Waals surface area contributed by atoms with Crippen molar-refractivity contribution >= 4 is 5.65 Å². The number of hydrogen-bond donors (Lipinski definition) is 0. The van der Waals surface area contributed by atoms with Gasteiger partial charge in [-0.15, -0.1) is 0 Å². The Labute approximate surface area is 111 Å². The maximum Gasteiger partial charge on any atom is 0.257 e. The highest BCUT2D eigenvalue weighted by Gasteiger charge is 2.14. The van der Waals surface area contributed by atoms with Gasteiger partial charge in [0.15, 0.2) is 5.65 Å². The average molecular weight is 254 g/mol. The van der Waals surface area contributed by atoms with Crippen LogP contribution in [0.4, 0.5) is 0 Å². The highest BCUT2D eigenvalue weighted by atomic mass is 16.3. The van der Waals surface area contributed by atoms with Crippen LogP contribution in [-0.4, -0.2) is 19.5 Å². The number of fused-ring (bicyclic) bond motifs is 1. The Morgan fingerprint density at radius 2 is 1.84 bits per heavy atom. The molecular weight excluding hydrogens is 238 g/mol. The van der Waals surface area contributed by atoms with E-state index in [1.807, 2.05) is 37.4 Å². The summed E-state index contributed by atoms with van der Waals surface area (Å²) >= 11 is 0. The second-order valence-electron chi connectivity index (χ2n) is 4.83. The van der Waals surface area contributed by atoms with Crippen LogP contribution in [0.1, 0.15) is 16.8 Å². The zero-order valence-corrected chi connectivity index (χ0v) is 11.2. The lowest BCUT2D eigenvalue weighted by Gasteiger charge is -2.12. The molecule has 0 aliphatic rings. The molecule has 0 saturated heterocycles. The van der Waals surface area contributed by atoms with Gasteiger partial charge in [-0.3, -0.25) is 9.38 Å². The predicted molar refractivity (Wildman–Crippen MR) is 75.7 cm³/mol. The van der Waals surface area contributed by atoms with Gasteiger partial charge in [0.05, 0.1) is 17.6 Å². The molecule has 2 N–H and O–H groups in total. The van der Waals surface area contributed by atoms with Crippen molar-refractivity contribution in [2.75, 3.05) is 0 Å². The Kier molecular flexibility index (Phi) is 2.52. The highest BCUT2D eigenvalue weighted by Crippen LogP contribution is 2.31. The Hall–Kier alpha value is -2.36. The van der Waals surface area contributed by atoms with E-state index in [2.05, 4.69) is 16.0 Å². The monoisotopic (exact) mass is 254 g/mol. The van der Waals surface area contributed by atoms with E-state index in [0.717, 1.165) is 33.7 Å². The molecule has 3 aromatic rings. The standard InChI is InChI=1S/C15H15N3O/c1-9-7-13(19)10(2)6-12(9)15-11(3)17-8-14-16-4-5-18(14)15/h4-8,19H,1-3H3/p+1. The summed E-state index contributed by atoms with van der Waals surface area (Å²) in [5.74, 6) is 0.574. The molecule has 2 aromatic heterocycles. The highest BCUT2D eigenvalue weighted by molar-refractivity contribution is 5.70. The summed E-state index contributed by atoms with van der Waals surface area (Å²) in [4.78, 5) is 8.70. The van der Waals surface area contributed by atoms with Crippen molar-refractivity contribution in [2.24, 2.45) is 0 Å². The first-order valence-electron chi connectivity index (χ1n) is 6.20. The van der Waals surface area contributed by atoms with E-state index in [1.54, 1.807) is 12.4 Å². The summed E-state index contributed by atoms with van der Waals surface area (Å²) in [5.41, 5.74) is 6.02. The van der Waals surface area contributed by atoms with Crippen molar-refractivity contribution < 1.29 is 5.11 Å². The molecule has 0 aliphatic heterocycles. The molecule has 1 aromatic carbocycles. The van der Waals surface area contributed by atoms with Gasteiger partial charge < -0.3 is 5.11 Å². The predicted octanol–water partition coefficient (Wildman–Crippen LogP) is 2.76. The Morgan fingerprint density at radius 3 is 2.63 bits per heavy atom. The molecule has 2 heterocycles. The topological polar surface area (TPSA) is 53.1 Å². The molecule has 19 heavy (non-hydrogen) atoms. The SMILES string of the molecule is Cc1cc(-c2c(C)ncc3nccn23)c(C)cc1[OH2+]. The van der Waals surface area contributed by atoms with Crippen molar-refractivity contribution in [3.63, 3.8) is 0 Å². The lowest BCUT2D eigenvalue weighted by atomic mass is 10.0. The third-order valence-electron chi connectivity index (χ3n) is 3.45. The molecule has 0 bridgehead atoms. The maximum absolute atomic E-state index is 7.87. The number of nitrogens with zero attached hydrogens (tertiary/aromatic N) is 3. The van der Waals surface area contributed by atoms with Crippen LogP contribution in [0.25, 0.3) is 16.9 Å². The fourth-order valence-corrected chi connectivity index (χ4v) is 2.39. The molecule has 0 unspecified atom stereocenters. The quantitative estimate of drug-likeness (QED) is 0.627. The van der Waals surface area contributed by atoms with Gasteiger partial charge in [-0.25, -0.2) is 4.98 Å². The first kappa shape index (κ1) is 11.7. The number of hydrogen-bond acceptors (Lipinski definition) is 2. The molecule has 4 heteroatoms. The summed E-state index contributed by atoms with van der Waals surface area (Å²) < 4.78 is 2.05. The van der Waals surface area contributed by atoms with Crippen LogP contribution < -0.4 is 0 Å². The molecule has 0 spiro atoms. The molecule has 0 radical (unpaired) electrons. The van der Waals surface area contributed by atoms with Crippen molar-refractivity contribution in [1.29, 1.82) is 0 Å². The maximum atomic E-state index is 7.87. The molecule has 96 valence electrons. The van der Waals surface area contributed by atoms with Gasteiger partial charge in [0, 0.05) is 29.6 Å². The minimum Gasteiger partial charge on any atom is -0.593 e. The van der Waals surface area contributed by atoms with Crippen molar-refractivity contribution in [2.45, 2.75) is 20.8 Å². The molecule has 3 rings (SSSR count). The summed E-state index contributed by atoms with van der Waals surface area (Å²) in [5, 5.41) is 7.87. The van der Waals surface area contributed by atoms with Crippen LogP contribution in [-0.2, 0) is 0 Å². The Balaban J connectivity index is 2.38. The molecular formula is C15H16N3O+. The smallest absolute Gasteiger partial charge is 0.257 e. The Morgan fingerprint density at radius 1 is 1.05 bits per heavy atom. The van der Waals surface area contributed by atoms with Crippen molar-refractivity contribution in [3.8, 4) is 17.0 Å². The number of rotatable bonds is 1. The van der Waals surface area contributed by atoms with E-state index in [9.17, 15) is 0 Å². The van der Waals surface area contributed by atoms with Gasteiger partial charge in [0.25, 0.3) is 5.75 Å². The minimum absolute atomic E-state index is 0.574. The lowest BCUT2D eigenvalue weighted by molar-refractivity contribution is 0.471. The van der Waals surface area contributed by atoms with Gasteiger partial charge in [0.2, 0.25) is 0 Å². The zero-order valence-electron chi connectivity index (χ0n) is 11.2. The molecule has 0 amide bonds. The minimum atomic E-state index is 0.574. The number of imidazole rings is 1. The van der Waals surface area contributed by atoms with Gasteiger partial charge in [-0.2, -0.15) is 0 Å². The van der Waals surface area contributed by atoms with Crippen LogP contribution in [0.5, 0.6) is 5.75 Å². The van der Waals surface area contributed by atoms with Crippen LogP contribution >= 0.6 is 0 Å². The molecule has 0 saturated carbocycles. The zero-order chi connectivity index (χ0) is 13.6. The molecule has 0 atom stereocenters. The fourth-order valence-electron chi connectivity index (χ4n) is 2.39. The summed E-state index contributed by atoms with van der Waals surface area (Å²) in [6.07, 6.45) is 5.50. The van der Waals surface area contributed by atoms with Crippen molar-refractivity contribution in [3.05, 3.63) is 47.5 Å². The fraction of sp³-hybridized carbons (Fsp3) is 0.200. The average Bonchev–Trinajstić information content (AvgIpc) is 2.83. The van der Waals surface area contributed by atoms with Gasteiger partial charge in [-0.1, -0.05) is 0 Å². The van der Waals surface area contributed by atoms with Crippen molar-refractivity contribution in [1.82, 2.24) is 14.4 Å². The third-order valence-corrected chi connectivity index (χ3v) is 3.45. The van der Waals surface area contributed by atoms with E-state index < -0.39 is 0 Å². The van der Waals surface area contributed by atoms with Gasteiger partial charge in [-0.05, 0) is 32.4 Å². The van der Waals surface area contributed by atoms with Crippen LogP contribution in [0.2, 0.25) is 0 Å². The van der Waals surface area contributed by atoms with E-state index in [4.69, 9.17) is 5.11 Å². The first-order chi connectivity index (χ1) is 9.08. The second-order valence-corrected chi connectivity index (χ2v) is 4.83. The first-order valence-corrected chi connectivity index (χ1v) is 6.20. The van der Waals surface area contributed by atoms with Gasteiger partial charge in [0.1, 0.15) is 0 Å². The lowest BCUT2D eigenvalue weighted by Crippen LogP contribution is -1.99. The van der Waals surface area contributed by atoms with Crippen LogP contribution in [0.15, 0.2) is 30.7 Å². The number of benzene rings is 1. The second kappa shape index (κ2) is 4.09. The normalized spacial score (nSPS) is 11.1.